The molecule has 2 N–H and O–H groups in total. The molecule has 1 heterocycles. The first-order valence-corrected chi connectivity index (χ1v) is 7.16. The Bertz CT molecular complexity index is 447. The van der Waals surface area contributed by atoms with E-state index in [4.69, 9.17) is 0 Å². The number of hydrogen-bond acceptors (Lipinski definition) is 2. The molecule has 1 aliphatic rings. The second kappa shape index (κ2) is 5.85. The van der Waals surface area contributed by atoms with Crippen LogP contribution in [-0.2, 0) is 0 Å². The van der Waals surface area contributed by atoms with Crippen molar-refractivity contribution < 1.29 is 4.79 Å². The number of amides is 1. The number of piperidine rings is 1. The minimum atomic E-state index is 0.0148. The van der Waals surface area contributed by atoms with E-state index >= 15 is 0 Å². The van der Waals surface area contributed by atoms with Crippen LogP contribution in [0.3, 0.4) is 0 Å². The molecule has 1 aliphatic heterocycles. The summed E-state index contributed by atoms with van der Waals surface area (Å²) in [5.74, 6) is 0.0148. The molecule has 0 spiro atoms. The quantitative estimate of drug-likeness (QED) is 0.881. The molecule has 0 saturated carbocycles. The molecule has 2 rings (SSSR count). The molecule has 1 saturated heterocycles. The van der Waals surface area contributed by atoms with Gasteiger partial charge in [-0.1, -0.05) is 6.07 Å². The van der Waals surface area contributed by atoms with Gasteiger partial charge in [0.1, 0.15) is 0 Å². The van der Waals surface area contributed by atoms with Crippen molar-refractivity contribution >= 4 is 21.8 Å². The summed E-state index contributed by atoms with van der Waals surface area (Å²) < 4.78 is 0.863. The van der Waals surface area contributed by atoms with E-state index in [1.54, 1.807) is 0 Å². The summed E-state index contributed by atoms with van der Waals surface area (Å²) >= 11 is 3.45. The molecule has 1 aromatic rings. The van der Waals surface area contributed by atoms with Gasteiger partial charge in [0, 0.05) is 16.6 Å². The van der Waals surface area contributed by atoms with Gasteiger partial charge < -0.3 is 10.6 Å². The van der Waals surface area contributed by atoms with Gasteiger partial charge in [-0.3, -0.25) is 4.79 Å². The van der Waals surface area contributed by atoms with E-state index in [0.29, 0.717) is 11.6 Å². The van der Waals surface area contributed by atoms with Gasteiger partial charge in [0.15, 0.2) is 0 Å². The van der Waals surface area contributed by atoms with E-state index in [9.17, 15) is 4.79 Å². The molecule has 1 fully saturated rings. The normalized spacial score (nSPS) is 23.7. The first kappa shape index (κ1) is 13.6. The Labute approximate surface area is 116 Å². The Morgan fingerprint density at radius 1 is 1.50 bits per heavy atom. The molecule has 18 heavy (non-hydrogen) atoms. The second-order valence-electron chi connectivity index (χ2n) is 5.03. The van der Waals surface area contributed by atoms with Crippen molar-refractivity contribution in [1.82, 2.24) is 10.6 Å². The number of carbonyl (C=O) groups is 1. The predicted octanol–water partition coefficient (Wildman–Crippen LogP) is 2.63. The van der Waals surface area contributed by atoms with E-state index in [-0.39, 0.29) is 11.9 Å². The van der Waals surface area contributed by atoms with Gasteiger partial charge in [-0.15, -0.1) is 0 Å². The molecule has 1 amide bonds. The molecular weight excluding hydrogens is 292 g/mol. The van der Waals surface area contributed by atoms with Crippen LogP contribution >= 0.6 is 15.9 Å². The zero-order valence-corrected chi connectivity index (χ0v) is 12.4. The smallest absolute Gasteiger partial charge is 0.252 e. The average molecular weight is 311 g/mol. The zero-order chi connectivity index (χ0) is 13.1. The number of aryl methyl sites for hydroxylation is 1. The molecule has 2 atom stereocenters. The van der Waals surface area contributed by atoms with E-state index in [1.807, 2.05) is 25.1 Å². The van der Waals surface area contributed by atoms with Crippen molar-refractivity contribution in [3.8, 4) is 0 Å². The Morgan fingerprint density at radius 3 is 2.94 bits per heavy atom. The largest absolute Gasteiger partial charge is 0.349 e. The summed E-state index contributed by atoms with van der Waals surface area (Å²) in [5.41, 5.74) is 1.86. The SMILES string of the molecule is Cc1ccc(C(=O)NC2CCNC(C)C2)c(Br)c1. The van der Waals surface area contributed by atoms with Gasteiger partial charge in [0.05, 0.1) is 5.56 Å². The number of rotatable bonds is 2. The van der Waals surface area contributed by atoms with Crippen LogP contribution in [0.15, 0.2) is 22.7 Å². The molecule has 98 valence electrons. The summed E-state index contributed by atoms with van der Waals surface area (Å²) in [7, 11) is 0. The highest BCUT2D eigenvalue weighted by Gasteiger charge is 2.21. The summed E-state index contributed by atoms with van der Waals surface area (Å²) in [6, 6.07) is 6.57. The van der Waals surface area contributed by atoms with E-state index in [1.165, 1.54) is 0 Å². The molecule has 2 unspecified atom stereocenters. The lowest BCUT2D eigenvalue weighted by atomic mass is 10.00. The highest BCUT2D eigenvalue weighted by Crippen LogP contribution is 2.19. The van der Waals surface area contributed by atoms with Gasteiger partial charge in [-0.25, -0.2) is 0 Å². The van der Waals surface area contributed by atoms with Crippen LogP contribution in [0.5, 0.6) is 0 Å². The fourth-order valence-corrected chi connectivity index (χ4v) is 3.00. The third kappa shape index (κ3) is 3.33. The van der Waals surface area contributed by atoms with Crippen LogP contribution < -0.4 is 10.6 Å². The molecule has 3 nitrogen and oxygen atoms in total. The summed E-state index contributed by atoms with van der Waals surface area (Å²) in [6.07, 6.45) is 1.99. The van der Waals surface area contributed by atoms with Crippen LogP contribution in [-0.4, -0.2) is 24.5 Å². The van der Waals surface area contributed by atoms with Crippen LogP contribution in [0.2, 0.25) is 0 Å². The molecule has 0 bridgehead atoms. The van der Waals surface area contributed by atoms with Crippen molar-refractivity contribution in [3.63, 3.8) is 0 Å². The summed E-state index contributed by atoms with van der Waals surface area (Å²) in [5, 5.41) is 6.50. The topological polar surface area (TPSA) is 41.1 Å². The monoisotopic (exact) mass is 310 g/mol. The van der Waals surface area contributed by atoms with Crippen molar-refractivity contribution in [2.45, 2.75) is 38.8 Å². The molecule has 0 radical (unpaired) electrons. The number of hydrogen-bond donors (Lipinski definition) is 2. The lowest BCUT2D eigenvalue weighted by Gasteiger charge is -2.28. The first-order chi connectivity index (χ1) is 8.56. The molecule has 1 aromatic carbocycles. The first-order valence-electron chi connectivity index (χ1n) is 6.36. The maximum absolute atomic E-state index is 12.2. The lowest BCUT2D eigenvalue weighted by molar-refractivity contribution is 0.0925. The highest BCUT2D eigenvalue weighted by molar-refractivity contribution is 9.10. The Balaban J connectivity index is 2.03. The van der Waals surface area contributed by atoms with Crippen molar-refractivity contribution in [2.24, 2.45) is 0 Å². The third-order valence-electron chi connectivity index (χ3n) is 3.33. The van der Waals surface area contributed by atoms with Crippen LogP contribution in [0.4, 0.5) is 0 Å². The van der Waals surface area contributed by atoms with Crippen LogP contribution in [0, 0.1) is 6.92 Å². The van der Waals surface area contributed by atoms with Crippen molar-refractivity contribution in [3.05, 3.63) is 33.8 Å². The van der Waals surface area contributed by atoms with E-state index in [2.05, 4.69) is 33.5 Å². The zero-order valence-electron chi connectivity index (χ0n) is 10.8. The Kier molecular flexibility index (Phi) is 4.40. The highest BCUT2D eigenvalue weighted by atomic mass is 79.9. The van der Waals surface area contributed by atoms with Gasteiger partial charge in [0.25, 0.3) is 5.91 Å². The van der Waals surface area contributed by atoms with Crippen LogP contribution in [0.25, 0.3) is 0 Å². The van der Waals surface area contributed by atoms with Gasteiger partial charge in [0.2, 0.25) is 0 Å². The second-order valence-corrected chi connectivity index (χ2v) is 5.89. The fourth-order valence-electron chi connectivity index (χ4n) is 2.33. The maximum atomic E-state index is 12.2. The minimum absolute atomic E-state index is 0.0148. The maximum Gasteiger partial charge on any atom is 0.252 e. The van der Waals surface area contributed by atoms with Gasteiger partial charge in [-0.2, -0.15) is 0 Å². The standard InChI is InChI=1S/C14H19BrN2O/c1-9-3-4-12(13(15)7-9)14(18)17-11-5-6-16-10(2)8-11/h3-4,7,10-11,16H,5-6,8H2,1-2H3,(H,17,18). The van der Waals surface area contributed by atoms with Crippen molar-refractivity contribution in [1.29, 1.82) is 0 Å². The van der Waals surface area contributed by atoms with Gasteiger partial charge in [-0.05, 0) is 66.9 Å². The summed E-state index contributed by atoms with van der Waals surface area (Å²) in [4.78, 5) is 12.2. The number of carbonyl (C=O) groups excluding carboxylic acids is 1. The summed E-state index contributed by atoms with van der Waals surface area (Å²) in [6.45, 7) is 5.14. The van der Waals surface area contributed by atoms with Gasteiger partial charge >= 0.3 is 0 Å². The third-order valence-corrected chi connectivity index (χ3v) is 3.98. The lowest BCUT2D eigenvalue weighted by Crippen LogP contribution is -2.46. The molecule has 0 aromatic heterocycles. The van der Waals surface area contributed by atoms with Crippen molar-refractivity contribution in [2.75, 3.05) is 6.54 Å². The molecule has 4 heteroatoms. The average Bonchev–Trinajstić information content (AvgIpc) is 2.28. The predicted molar refractivity (Wildman–Crippen MR) is 76.8 cm³/mol. The number of benzene rings is 1. The molecule has 0 aliphatic carbocycles. The molecular formula is C14H19BrN2O. The number of halogens is 1. The Morgan fingerprint density at radius 2 is 2.28 bits per heavy atom. The fraction of sp³-hybridized carbons (Fsp3) is 0.500. The van der Waals surface area contributed by atoms with E-state index in [0.717, 1.165) is 29.4 Å². The van der Waals surface area contributed by atoms with E-state index < -0.39 is 0 Å². The Hall–Kier alpha value is -0.870. The minimum Gasteiger partial charge on any atom is -0.349 e. The van der Waals surface area contributed by atoms with Crippen LogP contribution in [0.1, 0.15) is 35.7 Å². The number of nitrogens with one attached hydrogen (secondary N) is 2.